The molecule has 0 aliphatic rings. The first kappa shape index (κ1) is 14.7. The minimum atomic E-state index is -0.496. The lowest BCUT2D eigenvalue weighted by Crippen LogP contribution is -1.97. The molecule has 6 heteroatoms. The van der Waals surface area contributed by atoms with Gasteiger partial charge in [-0.1, -0.05) is 28.1 Å². The zero-order valence-corrected chi connectivity index (χ0v) is 10.6. The Morgan fingerprint density at radius 3 is 2.44 bits per heavy atom. The first-order valence-electron chi connectivity index (χ1n) is 4.29. The quantitative estimate of drug-likeness (QED) is 0.371. The number of nitro groups is 1. The molecule has 0 N–H and O–H groups in total. The standard InChI is InChI=1S/C8H6BrNO3.C2H6O/c9-4-7-6(5-11)2-1-3-8(7)10(12)13;1-3-2/h1-3,5H,4H2;1-2H3. The van der Waals surface area contributed by atoms with Crippen molar-refractivity contribution in [1.82, 2.24) is 0 Å². The summed E-state index contributed by atoms with van der Waals surface area (Å²) < 4.78 is 4.25. The highest BCUT2D eigenvalue weighted by Gasteiger charge is 2.15. The molecule has 0 bridgehead atoms. The van der Waals surface area contributed by atoms with E-state index in [0.29, 0.717) is 22.7 Å². The van der Waals surface area contributed by atoms with E-state index in [9.17, 15) is 14.9 Å². The number of aldehydes is 1. The van der Waals surface area contributed by atoms with Gasteiger partial charge in [-0.25, -0.2) is 0 Å². The fourth-order valence-corrected chi connectivity index (χ4v) is 1.63. The minimum Gasteiger partial charge on any atom is -0.388 e. The normalized spacial score (nSPS) is 8.94. The average Bonchev–Trinajstić information content (AvgIpc) is 2.28. The van der Waals surface area contributed by atoms with Crippen LogP contribution in [0.1, 0.15) is 15.9 Å². The molecular weight excluding hydrogens is 278 g/mol. The molecule has 0 aromatic heterocycles. The second-order valence-electron chi connectivity index (χ2n) is 2.76. The Morgan fingerprint density at radius 2 is 2.06 bits per heavy atom. The van der Waals surface area contributed by atoms with E-state index < -0.39 is 4.92 Å². The molecule has 1 aromatic carbocycles. The van der Waals surface area contributed by atoms with Crippen molar-refractivity contribution >= 4 is 27.9 Å². The second kappa shape index (κ2) is 7.95. The van der Waals surface area contributed by atoms with Crippen LogP contribution in [0, 0.1) is 10.1 Å². The molecule has 0 fully saturated rings. The Labute approximate surface area is 102 Å². The van der Waals surface area contributed by atoms with Crippen LogP contribution >= 0.6 is 15.9 Å². The molecule has 0 heterocycles. The zero-order valence-electron chi connectivity index (χ0n) is 8.97. The smallest absolute Gasteiger partial charge is 0.274 e. The predicted octanol–water partition coefficient (Wildman–Crippen LogP) is 2.56. The van der Waals surface area contributed by atoms with Crippen LogP contribution in [0.4, 0.5) is 5.69 Å². The summed E-state index contributed by atoms with van der Waals surface area (Å²) in [5.41, 5.74) is 0.745. The number of rotatable bonds is 3. The van der Waals surface area contributed by atoms with Crippen molar-refractivity contribution in [2.45, 2.75) is 5.33 Å². The van der Waals surface area contributed by atoms with Gasteiger partial charge in [0.05, 0.1) is 10.5 Å². The number of carbonyl (C=O) groups excluding carboxylic acids is 1. The van der Waals surface area contributed by atoms with Crippen molar-refractivity contribution in [3.8, 4) is 0 Å². The molecule has 0 radical (unpaired) electrons. The van der Waals surface area contributed by atoms with Crippen molar-refractivity contribution in [2.24, 2.45) is 0 Å². The van der Waals surface area contributed by atoms with Crippen LogP contribution in [0.5, 0.6) is 0 Å². The molecule has 0 spiro atoms. The molecule has 1 aromatic rings. The Hall–Kier alpha value is -1.27. The summed E-state index contributed by atoms with van der Waals surface area (Å²) >= 11 is 3.10. The summed E-state index contributed by atoms with van der Waals surface area (Å²) in [6.07, 6.45) is 0.615. The number of hydrogen-bond donors (Lipinski definition) is 0. The van der Waals surface area contributed by atoms with E-state index in [4.69, 9.17) is 0 Å². The van der Waals surface area contributed by atoms with Crippen molar-refractivity contribution in [1.29, 1.82) is 0 Å². The van der Waals surface area contributed by atoms with E-state index in [-0.39, 0.29) is 5.69 Å². The van der Waals surface area contributed by atoms with Gasteiger partial charge in [0, 0.05) is 31.2 Å². The summed E-state index contributed by atoms with van der Waals surface area (Å²) in [5.74, 6) is 0. The van der Waals surface area contributed by atoms with Gasteiger partial charge < -0.3 is 4.74 Å². The number of halogens is 1. The van der Waals surface area contributed by atoms with E-state index in [0.717, 1.165) is 0 Å². The third kappa shape index (κ3) is 4.08. The molecule has 5 nitrogen and oxygen atoms in total. The molecule has 0 aliphatic carbocycles. The molecule has 0 saturated carbocycles. The fourth-order valence-electron chi connectivity index (χ4n) is 1.02. The molecule has 0 saturated heterocycles. The van der Waals surface area contributed by atoms with Gasteiger partial charge in [-0.05, 0) is 0 Å². The first-order valence-corrected chi connectivity index (χ1v) is 5.42. The lowest BCUT2D eigenvalue weighted by atomic mass is 10.1. The molecule has 0 unspecified atom stereocenters. The van der Waals surface area contributed by atoms with Gasteiger partial charge in [0.15, 0.2) is 6.29 Å². The van der Waals surface area contributed by atoms with Gasteiger partial charge in [0.2, 0.25) is 0 Å². The lowest BCUT2D eigenvalue weighted by molar-refractivity contribution is -0.385. The highest BCUT2D eigenvalue weighted by Crippen LogP contribution is 2.23. The summed E-state index contributed by atoms with van der Waals surface area (Å²) in [5, 5.41) is 10.8. The number of nitrogens with zero attached hydrogens (tertiary/aromatic N) is 1. The van der Waals surface area contributed by atoms with E-state index >= 15 is 0 Å². The van der Waals surface area contributed by atoms with Gasteiger partial charge in [0.25, 0.3) is 5.69 Å². The largest absolute Gasteiger partial charge is 0.388 e. The van der Waals surface area contributed by atoms with E-state index in [1.54, 1.807) is 20.3 Å². The highest BCUT2D eigenvalue weighted by molar-refractivity contribution is 9.08. The van der Waals surface area contributed by atoms with Crippen molar-refractivity contribution in [2.75, 3.05) is 14.2 Å². The molecule has 1 rings (SSSR count). The number of carbonyl (C=O) groups is 1. The van der Waals surface area contributed by atoms with E-state index in [2.05, 4.69) is 20.7 Å². The Bertz CT molecular complexity index is 368. The third-order valence-corrected chi connectivity index (χ3v) is 2.21. The predicted molar refractivity (Wildman–Crippen MR) is 64.0 cm³/mol. The van der Waals surface area contributed by atoms with Gasteiger partial charge in [-0.2, -0.15) is 0 Å². The van der Waals surface area contributed by atoms with Gasteiger partial charge in [0.1, 0.15) is 0 Å². The van der Waals surface area contributed by atoms with Crippen LogP contribution in [0.15, 0.2) is 18.2 Å². The summed E-state index contributed by atoms with van der Waals surface area (Å²) in [6, 6.07) is 4.42. The van der Waals surface area contributed by atoms with E-state index in [1.807, 2.05) is 0 Å². The average molecular weight is 290 g/mol. The van der Waals surface area contributed by atoms with Crippen LogP contribution in [-0.2, 0) is 10.1 Å². The SMILES string of the molecule is COC.O=Cc1cccc([N+](=O)[O-])c1CBr. The molecule has 88 valence electrons. The van der Waals surface area contributed by atoms with Crippen LogP contribution in [0.25, 0.3) is 0 Å². The molecule has 0 aliphatic heterocycles. The Kier molecular flexibility index (Phi) is 7.32. The number of alkyl halides is 1. The van der Waals surface area contributed by atoms with Gasteiger partial charge in [-0.15, -0.1) is 0 Å². The summed E-state index contributed by atoms with van der Waals surface area (Å²) in [7, 11) is 3.25. The van der Waals surface area contributed by atoms with Crippen LogP contribution in [0.3, 0.4) is 0 Å². The monoisotopic (exact) mass is 289 g/mol. The molecule has 0 amide bonds. The van der Waals surface area contributed by atoms with Crippen molar-refractivity contribution in [3.63, 3.8) is 0 Å². The van der Waals surface area contributed by atoms with Crippen molar-refractivity contribution < 1.29 is 14.5 Å². The topological polar surface area (TPSA) is 69.4 Å². The van der Waals surface area contributed by atoms with Crippen LogP contribution < -0.4 is 0 Å². The van der Waals surface area contributed by atoms with Crippen LogP contribution in [0.2, 0.25) is 0 Å². The van der Waals surface area contributed by atoms with Gasteiger partial charge >= 0.3 is 0 Å². The lowest BCUT2D eigenvalue weighted by Gasteiger charge is -2.00. The molecule has 16 heavy (non-hydrogen) atoms. The highest BCUT2D eigenvalue weighted by atomic mass is 79.9. The summed E-state index contributed by atoms with van der Waals surface area (Å²) in [4.78, 5) is 20.5. The molecular formula is C10H12BrNO4. The number of ether oxygens (including phenoxy) is 1. The Morgan fingerprint density at radius 1 is 1.50 bits per heavy atom. The van der Waals surface area contributed by atoms with E-state index in [1.165, 1.54) is 12.1 Å². The first-order chi connectivity index (χ1) is 7.62. The fraction of sp³-hybridized carbons (Fsp3) is 0.300. The maximum absolute atomic E-state index is 10.5. The van der Waals surface area contributed by atoms with Gasteiger partial charge in [-0.3, -0.25) is 14.9 Å². The summed E-state index contributed by atoms with van der Waals surface area (Å²) in [6.45, 7) is 0. The third-order valence-electron chi connectivity index (χ3n) is 1.64. The van der Waals surface area contributed by atoms with Crippen molar-refractivity contribution in [3.05, 3.63) is 39.4 Å². The molecule has 0 atom stereocenters. The second-order valence-corrected chi connectivity index (χ2v) is 3.32. The minimum absolute atomic E-state index is 0.0264. The number of benzene rings is 1. The number of hydrogen-bond acceptors (Lipinski definition) is 4. The zero-order chi connectivity index (χ0) is 12.6. The number of nitro benzene ring substituents is 1. The Balaban J connectivity index is 0.000000673. The van der Waals surface area contributed by atoms with Crippen LogP contribution in [-0.4, -0.2) is 25.4 Å². The number of methoxy groups -OCH3 is 1. The maximum Gasteiger partial charge on any atom is 0.274 e. The maximum atomic E-state index is 10.5.